The van der Waals surface area contributed by atoms with Gasteiger partial charge in [-0.3, -0.25) is 0 Å². The minimum Gasteiger partial charge on any atom is -0.463 e. The highest BCUT2D eigenvalue weighted by molar-refractivity contribution is 7.90. The molecule has 4 rings (SSSR count). The third kappa shape index (κ3) is 5.23. The summed E-state index contributed by atoms with van der Waals surface area (Å²) < 4.78 is 59.8. The lowest BCUT2D eigenvalue weighted by molar-refractivity contribution is 0.0256. The molecule has 178 valence electrons. The molecule has 0 bridgehead atoms. The van der Waals surface area contributed by atoms with Crippen molar-refractivity contribution in [2.75, 3.05) is 30.9 Å². The Morgan fingerprint density at radius 3 is 2.55 bits per heavy atom. The predicted molar refractivity (Wildman–Crippen MR) is 121 cm³/mol. The lowest BCUT2D eigenvalue weighted by atomic mass is 9.99. The van der Waals surface area contributed by atoms with Crippen molar-refractivity contribution in [3.05, 3.63) is 36.2 Å². The number of sulfone groups is 1. The van der Waals surface area contributed by atoms with Gasteiger partial charge in [0.1, 0.15) is 0 Å². The molecule has 1 saturated heterocycles. The molecule has 0 radical (unpaired) electrons. The van der Waals surface area contributed by atoms with Crippen LogP contribution in [0.25, 0.3) is 11.2 Å². The zero-order chi connectivity index (χ0) is 24.0. The van der Waals surface area contributed by atoms with Crippen molar-refractivity contribution in [3.63, 3.8) is 0 Å². The number of ether oxygens (including phenoxy) is 1. The van der Waals surface area contributed by atoms with Crippen LogP contribution in [0.1, 0.15) is 32.8 Å². The van der Waals surface area contributed by atoms with Crippen LogP contribution in [0.5, 0.6) is 6.01 Å². The number of imidazole rings is 1. The Hall–Kier alpha value is -2.82. The van der Waals surface area contributed by atoms with Crippen LogP contribution in [-0.2, 0) is 16.4 Å². The van der Waals surface area contributed by atoms with Crippen LogP contribution in [0.15, 0.2) is 35.5 Å². The molecular weight excluding hydrogens is 452 g/mol. The molecule has 3 heterocycles. The van der Waals surface area contributed by atoms with Crippen molar-refractivity contribution >= 4 is 26.8 Å². The van der Waals surface area contributed by atoms with E-state index in [1.807, 2.05) is 20.8 Å². The van der Waals surface area contributed by atoms with Crippen molar-refractivity contribution in [1.29, 1.82) is 0 Å². The number of nitrogens with zero attached hydrogens (tertiary/aromatic N) is 5. The van der Waals surface area contributed by atoms with E-state index in [0.717, 1.165) is 6.26 Å². The molecule has 0 atom stereocenters. The summed E-state index contributed by atoms with van der Waals surface area (Å²) in [5.41, 5.74) is 1.17. The van der Waals surface area contributed by atoms with E-state index >= 15 is 0 Å². The van der Waals surface area contributed by atoms with Crippen molar-refractivity contribution in [2.45, 2.75) is 44.6 Å². The summed E-state index contributed by atoms with van der Waals surface area (Å²) in [5, 5.41) is 0. The Morgan fingerprint density at radius 1 is 1.18 bits per heavy atom. The first kappa shape index (κ1) is 23.3. The number of hydrogen-bond donors (Lipinski definition) is 0. The summed E-state index contributed by atoms with van der Waals surface area (Å²) in [7, 11) is -3.44. The quantitative estimate of drug-likeness (QED) is 0.534. The number of benzene rings is 1. The molecule has 0 amide bonds. The third-order valence-corrected chi connectivity index (χ3v) is 6.44. The van der Waals surface area contributed by atoms with Crippen LogP contribution in [-0.4, -0.2) is 59.8 Å². The largest absolute Gasteiger partial charge is 0.463 e. The summed E-state index contributed by atoms with van der Waals surface area (Å²) in [6.45, 7) is 6.20. The standard InChI is InChI=1S/C22H27F2N5O3S/c1-21(2,3)13-32-20-26-18(28-10-9-22(23,24)12-28)17-19(27-20)29(14-25-17)11-15-7-5-6-8-16(15)33(4,30)31/h5-8,14H,9-13H2,1-4H3. The van der Waals surface area contributed by atoms with E-state index in [9.17, 15) is 17.2 Å². The van der Waals surface area contributed by atoms with E-state index in [2.05, 4.69) is 15.0 Å². The van der Waals surface area contributed by atoms with Gasteiger partial charge < -0.3 is 14.2 Å². The topological polar surface area (TPSA) is 90.2 Å². The first-order chi connectivity index (χ1) is 15.3. The summed E-state index contributed by atoms with van der Waals surface area (Å²) >= 11 is 0. The highest BCUT2D eigenvalue weighted by Crippen LogP contribution is 2.34. The molecule has 2 aromatic heterocycles. The van der Waals surface area contributed by atoms with Crippen LogP contribution in [0.4, 0.5) is 14.6 Å². The first-order valence-corrected chi connectivity index (χ1v) is 12.5. The lowest BCUT2D eigenvalue weighted by Gasteiger charge is -2.20. The van der Waals surface area contributed by atoms with Gasteiger partial charge in [-0.15, -0.1) is 0 Å². The van der Waals surface area contributed by atoms with Crippen molar-refractivity contribution < 1.29 is 21.9 Å². The maximum Gasteiger partial charge on any atom is 0.320 e. The van der Waals surface area contributed by atoms with E-state index in [1.54, 1.807) is 28.8 Å². The molecule has 0 spiro atoms. The zero-order valence-electron chi connectivity index (χ0n) is 19.0. The van der Waals surface area contributed by atoms with Gasteiger partial charge in [-0.2, -0.15) is 9.97 Å². The minimum atomic E-state index is -3.44. The zero-order valence-corrected chi connectivity index (χ0v) is 19.9. The molecule has 0 saturated carbocycles. The fraction of sp³-hybridized carbons (Fsp3) is 0.500. The molecule has 33 heavy (non-hydrogen) atoms. The van der Waals surface area contributed by atoms with Gasteiger partial charge in [0.25, 0.3) is 5.92 Å². The molecule has 1 aliphatic heterocycles. The molecule has 8 nitrogen and oxygen atoms in total. The van der Waals surface area contributed by atoms with E-state index in [-0.39, 0.29) is 41.6 Å². The summed E-state index contributed by atoms with van der Waals surface area (Å²) in [6, 6.07) is 6.77. The molecule has 1 aliphatic rings. The molecule has 0 unspecified atom stereocenters. The molecule has 0 N–H and O–H groups in total. The van der Waals surface area contributed by atoms with Crippen LogP contribution in [0, 0.1) is 5.41 Å². The van der Waals surface area contributed by atoms with E-state index in [4.69, 9.17) is 4.74 Å². The maximum atomic E-state index is 13.9. The SMILES string of the molecule is CC(C)(C)COc1nc(N2CCC(F)(F)C2)c2ncn(Cc3ccccc3S(C)(=O)=O)c2n1. The number of alkyl halides is 2. The molecule has 1 aromatic carbocycles. The van der Waals surface area contributed by atoms with Crippen molar-refractivity contribution in [2.24, 2.45) is 5.41 Å². The number of halogens is 2. The smallest absolute Gasteiger partial charge is 0.320 e. The average Bonchev–Trinajstić information content (AvgIpc) is 3.28. The summed E-state index contributed by atoms with van der Waals surface area (Å²) in [6.07, 6.45) is 2.41. The highest BCUT2D eigenvalue weighted by atomic mass is 32.2. The number of fused-ring (bicyclic) bond motifs is 1. The van der Waals surface area contributed by atoms with E-state index in [1.165, 1.54) is 11.2 Å². The summed E-state index contributed by atoms with van der Waals surface area (Å²) in [5.74, 6) is -2.52. The first-order valence-electron chi connectivity index (χ1n) is 10.6. The molecule has 0 aliphatic carbocycles. The molecular formula is C22H27F2N5O3S. The van der Waals surface area contributed by atoms with Crippen LogP contribution < -0.4 is 9.64 Å². The molecule has 3 aromatic rings. The predicted octanol–water partition coefficient (Wildman–Crippen LogP) is 3.55. The third-order valence-electron chi connectivity index (χ3n) is 5.24. The van der Waals surface area contributed by atoms with Gasteiger partial charge in [-0.1, -0.05) is 39.0 Å². The second-order valence-electron chi connectivity index (χ2n) is 9.63. The molecule has 1 fully saturated rings. The Kier molecular flexibility index (Phi) is 5.80. The monoisotopic (exact) mass is 479 g/mol. The van der Waals surface area contributed by atoms with Gasteiger partial charge in [-0.05, 0) is 17.0 Å². The van der Waals surface area contributed by atoms with Crippen LogP contribution in [0.3, 0.4) is 0 Å². The van der Waals surface area contributed by atoms with Gasteiger partial charge in [0.05, 0.1) is 30.9 Å². The normalized spacial score (nSPS) is 16.5. The number of rotatable bonds is 6. The van der Waals surface area contributed by atoms with Crippen LogP contribution in [0.2, 0.25) is 0 Å². The molecule has 11 heteroatoms. The highest BCUT2D eigenvalue weighted by Gasteiger charge is 2.40. The van der Waals surface area contributed by atoms with Gasteiger partial charge in [0.15, 0.2) is 26.8 Å². The number of anilines is 1. The second kappa shape index (κ2) is 8.19. The van der Waals surface area contributed by atoms with Gasteiger partial charge in [0, 0.05) is 19.2 Å². The Morgan fingerprint density at radius 2 is 1.91 bits per heavy atom. The Balaban J connectivity index is 1.79. The van der Waals surface area contributed by atoms with E-state index < -0.39 is 22.3 Å². The Bertz CT molecular complexity index is 1280. The minimum absolute atomic E-state index is 0.0702. The van der Waals surface area contributed by atoms with Gasteiger partial charge in [0.2, 0.25) is 0 Å². The maximum absolute atomic E-state index is 13.9. The lowest BCUT2D eigenvalue weighted by Crippen LogP contribution is -2.26. The summed E-state index contributed by atoms with van der Waals surface area (Å²) in [4.78, 5) is 15.0. The average molecular weight is 480 g/mol. The Labute approximate surface area is 191 Å². The number of aromatic nitrogens is 4. The van der Waals surface area contributed by atoms with E-state index in [0.29, 0.717) is 23.3 Å². The van der Waals surface area contributed by atoms with Gasteiger partial charge >= 0.3 is 6.01 Å². The van der Waals surface area contributed by atoms with Crippen molar-refractivity contribution in [3.8, 4) is 6.01 Å². The van der Waals surface area contributed by atoms with Gasteiger partial charge in [-0.25, -0.2) is 22.2 Å². The number of hydrogen-bond acceptors (Lipinski definition) is 7. The second-order valence-corrected chi connectivity index (χ2v) is 11.6. The van der Waals surface area contributed by atoms with Crippen LogP contribution >= 0.6 is 0 Å². The van der Waals surface area contributed by atoms with Crippen molar-refractivity contribution in [1.82, 2.24) is 19.5 Å². The fourth-order valence-electron chi connectivity index (χ4n) is 3.69. The fourth-order valence-corrected chi connectivity index (χ4v) is 4.62.